The van der Waals surface area contributed by atoms with E-state index in [1.54, 1.807) is 0 Å². The Morgan fingerprint density at radius 3 is 2.50 bits per heavy atom. The molecule has 0 spiro atoms. The number of hydrogen-bond acceptors (Lipinski definition) is 3. The molecule has 1 amide bonds. The molecule has 3 aromatic rings. The van der Waals surface area contributed by atoms with Crippen molar-refractivity contribution < 1.29 is 4.79 Å². The molecule has 1 aromatic heterocycles. The van der Waals surface area contributed by atoms with Gasteiger partial charge in [0, 0.05) is 10.9 Å². The summed E-state index contributed by atoms with van der Waals surface area (Å²) < 4.78 is 0. The van der Waals surface area contributed by atoms with Crippen molar-refractivity contribution in [1.82, 2.24) is 10.3 Å². The molecule has 24 heavy (non-hydrogen) atoms. The molecule has 0 unspecified atom stereocenters. The summed E-state index contributed by atoms with van der Waals surface area (Å²) in [7, 11) is 0. The molecule has 0 radical (unpaired) electrons. The molecule has 120 valence electrons. The van der Waals surface area contributed by atoms with Gasteiger partial charge in [0.1, 0.15) is 0 Å². The Hall–Kier alpha value is -3.21. The smallest absolute Gasteiger partial charge is 0.213 e. The van der Waals surface area contributed by atoms with E-state index in [4.69, 9.17) is 10.4 Å². The summed E-state index contributed by atoms with van der Waals surface area (Å²) in [4.78, 5) is 15.3. The fraction of sp³-hybridized carbons (Fsp3) is 0.105. The van der Waals surface area contributed by atoms with E-state index in [0.717, 1.165) is 27.8 Å². The molecule has 0 aliphatic carbocycles. The zero-order valence-electron chi connectivity index (χ0n) is 13.6. The third kappa shape index (κ3) is 3.25. The first-order valence-corrected chi connectivity index (χ1v) is 7.61. The SMILES string of the molecule is Cc1cc(C)cc(-c2cc(NC(=N)NC=O)c3ccccc3n2)c1. The minimum Gasteiger partial charge on any atom is -0.325 e. The maximum absolute atomic E-state index is 10.5. The molecule has 3 rings (SSSR count). The van der Waals surface area contributed by atoms with E-state index in [9.17, 15) is 4.79 Å². The fourth-order valence-electron chi connectivity index (χ4n) is 2.78. The van der Waals surface area contributed by atoms with E-state index in [-0.39, 0.29) is 5.96 Å². The fourth-order valence-corrected chi connectivity index (χ4v) is 2.78. The van der Waals surface area contributed by atoms with Crippen molar-refractivity contribution in [2.45, 2.75) is 13.8 Å². The zero-order chi connectivity index (χ0) is 17.1. The van der Waals surface area contributed by atoms with Crippen LogP contribution in [0.4, 0.5) is 5.69 Å². The number of nitrogens with zero attached hydrogens (tertiary/aromatic N) is 1. The van der Waals surface area contributed by atoms with Crippen molar-refractivity contribution in [3.8, 4) is 11.3 Å². The molecule has 0 aliphatic rings. The van der Waals surface area contributed by atoms with Crippen LogP contribution in [0.2, 0.25) is 0 Å². The van der Waals surface area contributed by atoms with E-state index in [2.05, 4.69) is 42.7 Å². The number of rotatable bonds is 3. The maximum atomic E-state index is 10.5. The summed E-state index contributed by atoms with van der Waals surface area (Å²) in [6.07, 6.45) is 0.476. The van der Waals surface area contributed by atoms with Crippen LogP contribution >= 0.6 is 0 Å². The number of carbonyl (C=O) groups is 1. The van der Waals surface area contributed by atoms with E-state index < -0.39 is 0 Å². The number of pyridine rings is 1. The Balaban J connectivity index is 2.15. The number of nitrogens with one attached hydrogen (secondary N) is 3. The molecular weight excluding hydrogens is 300 g/mol. The van der Waals surface area contributed by atoms with Crippen LogP contribution in [0.1, 0.15) is 11.1 Å². The molecule has 3 N–H and O–H groups in total. The normalized spacial score (nSPS) is 10.4. The molecule has 0 bridgehead atoms. The van der Waals surface area contributed by atoms with Crippen molar-refractivity contribution in [3.05, 3.63) is 59.7 Å². The van der Waals surface area contributed by atoms with Gasteiger partial charge in [-0.1, -0.05) is 35.4 Å². The summed E-state index contributed by atoms with van der Waals surface area (Å²) in [5.41, 5.74) is 5.75. The average Bonchev–Trinajstić information content (AvgIpc) is 2.54. The largest absolute Gasteiger partial charge is 0.325 e. The lowest BCUT2D eigenvalue weighted by atomic mass is 10.0. The minimum atomic E-state index is -0.0762. The highest BCUT2D eigenvalue weighted by Crippen LogP contribution is 2.29. The number of fused-ring (bicyclic) bond motifs is 1. The van der Waals surface area contributed by atoms with E-state index >= 15 is 0 Å². The van der Waals surface area contributed by atoms with Gasteiger partial charge in [0.15, 0.2) is 5.96 Å². The van der Waals surface area contributed by atoms with Crippen molar-refractivity contribution in [2.75, 3.05) is 5.32 Å². The Bertz CT molecular complexity index is 914. The minimum absolute atomic E-state index is 0.0762. The predicted octanol–water partition coefficient (Wildman–Crippen LogP) is 3.61. The molecule has 5 heteroatoms. The van der Waals surface area contributed by atoms with Gasteiger partial charge in [-0.15, -0.1) is 0 Å². The lowest BCUT2D eigenvalue weighted by Crippen LogP contribution is -2.28. The van der Waals surface area contributed by atoms with Gasteiger partial charge in [-0.2, -0.15) is 0 Å². The summed E-state index contributed by atoms with van der Waals surface area (Å²) in [6.45, 7) is 4.11. The summed E-state index contributed by atoms with van der Waals surface area (Å²) in [5, 5.41) is 13.9. The van der Waals surface area contributed by atoms with E-state index in [0.29, 0.717) is 6.41 Å². The Morgan fingerprint density at radius 2 is 1.79 bits per heavy atom. The predicted molar refractivity (Wildman–Crippen MR) is 97.2 cm³/mol. The van der Waals surface area contributed by atoms with Crippen molar-refractivity contribution >= 4 is 29.0 Å². The van der Waals surface area contributed by atoms with Gasteiger partial charge in [-0.25, -0.2) is 4.98 Å². The standard InChI is InChI=1S/C19H18N4O/c1-12-7-13(2)9-14(8-12)17-10-18(23-19(20)21-11-24)15-5-3-4-6-16(15)22-17/h3-11H,1-2H3,(H3,20,21,22,23,24). The lowest BCUT2D eigenvalue weighted by Gasteiger charge is -2.13. The van der Waals surface area contributed by atoms with Crippen LogP contribution in [0, 0.1) is 19.3 Å². The van der Waals surface area contributed by atoms with Crippen molar-refractivity contribution in [2.24, 2.45) is 0 Å². The van der Waals surface area contributed by atoms with Crippen LogP contribution in [-0.2, 0) is 4.79 Å². The first kappa shape index (κ1) is 15.7. The highest BCUT2D eigenvalue weighted by Gasteiger charge is 2.09. The molecule has 0 saturated carbocycles. The van der Waals surface area contributed by atoms with Crippen LogP contribution in [0.15, 0.2) is 48.5 Å². The van der Waals surface area contributed by atoms with Gasteiger partial charge in [-0.05, 0) is 38.1 Å². The monoisotopic (exact) mass is 318 g/mol. The Kier molecular flexibility index (Phi) is 4.24. The number of anilines is 1. The van der Waals surface area contributed by atoms with Crippen LogP contribution < -0.4 is 10.6 Å². The maximum Gasteiger partial charge on any atom is 0.213 e. The molecular formula is C19H18N4O. The van der Waals surface area contributed by atoms with Crippen LogP contribution in [0.25, 0.3) is 22.2 Å². The number of guanidine groups is 1. The summed E-state index contributed by atoms with van der Waals surface area (Å²) in [5.74, 6) is -0.0762. The number of aryl methyl sites for hydroxylation is 2. The van der Waals surface area contributed by atoms with Gasteiger partial charge in [-0.3, -0.25) is 15.5 Å². The topological polar surface area (TPSA) is 77.9 Å². The second-order valence-corrected chi connectivity index (χ2v) is 5.71. The molecule has 0 fully saturated rings. The number of hydrogen-bond donors (Lipinski definition) is 3. The highest BCUT2D eigenvalue weighted by molar-refractivity contribution is 6.04. The molecule has 1 heterocycles. The third-order valence-electron chi connectivity index (χ3n) is 3.70. The van der Waals surface area contributed by atoms with Gasteiger partial charge in [0.05, 0.1) is 16.9 Å². The number of benzene rings is 2. The van der Waals surface area contributed by atoms with Crippen LogP contribution in [-0.4, -0.2) is 17.4 Å². The average molecular weight is 318 g/mol. The number of para-hydroxylation sites is 1. The van der Waals surface area contributed by atoms with Crippen LogP contribution in [0.3, 0.4) is 0 Å². The number of carbonyl (C=O) groups excluding carboxylic acids is 1. The summed E-state index contributed by atoms with van der Waals surface area (Å²) >= 11 is 0. The van der Waals surface area contributed by atoms with E-state index in [1.807, 2.05) is 30.3 Å². The van der Waals surface area contributed by atoms with Crippen molar-refractivity contribution in [1.29, 1.82) is 5.41 Å². The van der Waals surface area contributed by atoms with Gasteiger partial charge in [0.25, 0.3) is 0 Å². The highest BCUT2D eigenvalue weighted by atomic mass is 16.1. The van der Waals surface area contributed by atoms with Gasteiger partial charge in [0.2, 0.25) is 6.41 Å². The van der Waals surface area contributed by atoms with Gasteiger partial charge < -0.3 is 5.32 Å². The first-order valence-electron chi connectivity index (χ1n) is 7.61. The second-order valence-electron chi connectivity index (χ2n) is 5.71. The van der Waals surface area contributed by atoms with Crippen LogP contribution in [0.5, 0.6) is 0 Å². The molecule has 2 aromatic carbocycles. The number of amides is 1. The zero-order valence-corrected chi connectivity index (χ0v) is 13.6. The molecule has 0 saturated heterocycles. The second kappa shape index (κ2) is 6.50. The third-order valence-corrected chi connectivity index (χ3v) is 3.70. The Labute approximate surface area is 140 Å². The Morgan fingerprint density at radius 1 is 1.08 bits per heavy atom. The van der Waals surface area contributed by atoms with E-state index in [1.165, 1.54) is 11.1 Å². The quantitative estimate of drug-likeness (QED) is 0.392. The van der Waals surface area contributed by atoms with Gasteiger partial charge >= 0.3 is 0 Å². The lowest BCUT2D eigenvalue weighted by molar-refractivity contribution is -0.108. The molecule has 5 nitrogen and oxygen atoms in total. The summed E-state index contributed by atoms with van der Waals surface area (Å²) in [6, 6.07) is 15.9. The van der Waals surface area contributed by atoms with Crippen molar-refractivity contribution in [3.63, 3.8) is 0 Å². The molecule has 0 aliphatic heterocycles. The number of aromatic nitrogens is 1. The first-order chi connectivity index (χ1) is 11.6. The molecule has 0 atom stereocenters.